The fourth-order valence-electron chi connectivity index (χ4n) is 3.99. The Balaban J connectivity index is 1.35. The van der Waals surface area contributed by atoms with E-state index in [2.05, 4.69) is 5.32 Å². The number of ether oxygens (including phenoxy) is 1. The van der Waals surface area contributed by atoms with Gasteiger partial charge in [0.1, 0.15) is 5.82 Å². The van der Waals surface area contributed by atoms with Gasteiger partial charge in [-0.1, -0.05) is 18.2 Å². The number of halogens is 1. The summed E-state index contributed by atoms with van der Waals surface area (Å²) >= 11 is 0. The minimum absolute atomic E-state index is 0.0256. The summed E-state index contributed by atoms with van der Waals surface area (Å²) in [7, 11) is 0. The van der Waals surface area contributed by atoms with E-state index < -0.39 is 29.7 Å². The first-order chi connectivity index (χ1) is 14.4. The number of nitrogens with one attached hydrogen (secondary N) is 1. The molecular formula is C23H23FN2O4. The van der Waals surface area contributed by atoms with Gasteiger partial charge in [-0.15, -0.1) is 0 Å². The van der Waals surface area contributed by atoms with E-state index in [1.54, 1.807) is 6.07 Å². The molecule has 0 aromatic heterocycles. The van der Waals surface area contributed by atoms with Crippen LogP contribution in [0.3, 0.4) is 0 Å². The van der Waals surface area contributed by atoms with E-state index in [9.17, 15) is 18.8 Å². The highest BCUT2D eigenvalue weighted by molar-refractivity contribution is 6.00. The average molecular weight is 410 g/mol. The number of carbonyl (C=O) groups is 3. The summed E-state index contributed by atoms with van der Waals surface area (Å²) in [6.45, 7) is 1.52. The molecular weight excluding hydrogens is 387 g/mol. The Labute approximate surface area is 174 Å². The summed E-state index contributed by atoms with van der Waals surface area (Å²) in [6.07, 6.45) is 2.08. The molecule has 4 rings (SSSR count). The first-order valence-electron chi connectivity index (χ1n) is 10.1. The molecule has 6 nitrogen and oxygen atoms in total. The van der Waals surface area contributed by atoms with Crippen LogP contribution in [0.15, 0.2) is 42.5 Å². The van der Waals surface area contributed by atoms with E-state index in [1.165, 1.54) is 41.1 Å². The van der Waals surface area contributed by atoms with Crippen molar-refractivity contribution >= 4 is 29.2 Å². The number of hydrogen-bond acceptors (Lipinski definition) is 4. The molecule has 2 aromatic carbocycles. The number of benzene rings is 2. The number of fused-ring (bicyclic) bond motifs is 1. The number of para-hydroxylation sites is 1. The number of anilines is 2. The first kappa shape index (κ1) is 20.1. The van der Waals surface area contributed by atoms with Crippen LogP contribution in [0.5, 0.6) is 0 Å². The maximum atomic E-state index is 14.0. The third kappa shape index (κ3) is 4.06. The van der Waals surface area contributed by atoms with Gasteiger partial charge in [0, 0.05) is 18.7 Å². The Kier molecular flexibility index (Phi) is 5.53. The SMILES string of the molecule is C[C@@H](OC(=O)[C@@H]1CC(=O)N(c2ccccc2F)C1)C(=O)Nc1ccc2c(c1)CCC2. The van der Waals surface area contributed by atoms with Crippen LogP contribution in [-0.4, -0.2) is 30.4 Å². The van der Waals surface area contributed by atoms with Crippen LogP contribution in [0.4, 0.5) is 15.8 Å². The van der Waals surface area contributed by atoms with Crippen LogP contribution in [0.25, 0.3) is 0 Å². The topological polar surface area (TPSA) is 75.7 Å². The van der Waals surface area contributed by atoms with E-state index in [1.807, 2.05) is 18.2 Å². The number of nitrogens with zero attached hydrogens (tertiary/aromatic N) is 1. The van der Waals surface area contributed by atoms with Gasteiger partial charge >= 0.3 is 5.97 Å². The van der Waals surface area contributed by atoms with Gasteiger partial charge in [0.25, 0.3) is 5.91 Å². The van der Waals surface area contributed by atoms with E-state index in [4.69, 9.17) is 4.74 Å². The predicted octanol–water partition coefficient (Wildman–Crippen LogP) is 3.24. The molecule has 156 valence electrons. The fraction of sp³-hybridized carbons (Fsp3) is 0.348. The molecule has 0 radical (unpaired) electrons. The van der Waals surface area contributed by atoms with Gasteiger partial charge in [0.05, 0.1) is 11.6 Å². The van der Waals surface area contributed by atoms with Gasteiger partial charge in [-0.05, 0) is 61.6 Å². The van der Waals surface area contributed by atoms with Crippen molar-refractivity contribution in [3.05, 3.63) is 59.4 Å². The lowest BCUT2D eigenvalue weighted by Gasteiger charge is -2.18. The smallest absolute Gasteiger partial charge is 0.312 e. The predicted molar refractivity (Wildman–Crippen MR) is 110 cm³/mol. The zero-order valence-electron chi connectivity index (χ0n) is 16.7. The van der Waals surface area contributed by atoms with E-state index in [-0.39, 0.29) is 24.6 Å². The molecule has 1 aliphatic heterocycles. The molecule has 2 atom stereocenters. The maximum absolute atomic E-state index is 14.0. The van der Waals surface area contributed by atoms with E-state index >= 15 is 0 Å². The molecule has 7 heteroatoms. The second-order valence-corrected chi connectivity index (χ2v) is 7.76. The lowest BCUT2D eigenvalue weighted by Crippen LogP contribution is -2.33. The van der Waals surface area contributed by atoms with Crippen molar-refractivity contribution in [2.45, 2.75) is 38.7 Å². The molecule has 2 aromatic rings. The normalized spacial score (nSPS) is 18.8. The summed E-state index contributed by atoms with van der Waals surface area (Å²) in [5.74, 6) is -2.69. The Bertz CT molecular complexity index is 1010. The van der Waals surface area contributed by atoms with Crippen molar-refractivity contribution in [3.63, 3.8) is 0 Å². The standard InChI is InChI=1S/C23H23FN2O4/c1-14(22(28)25-18-10-9-15-5-4-6-16(15)11-18)30-23(29)17-12-21(27)26(13-17)20-8-3-2-7-19(20)24/h2-3,7-11,14,17H,4-6,12-13H2,1H3,(H,25,28)/t14-,17-/m1/s1. The van der Waals surface area contributed by atoms with Crippen molar-refractivity contribution in [1.29, 1.82) is 0 Å². The lowest BCUT2D eigenvalue weighted by molar-refractivity contribution is -0.157. The van der Waals surface area contributed by atoms with Gasteiger partial charge in [-0.25, -0.2) is 4.39 Å². The van der Waals surface area contributed by atoms with E-state index in [0.717, 1.165) is 19.3 Å². The van der Waals surface area contributed by atoms with Gasteiger partial charge in [0.2, 0.25) is 5.91 Å². The Morgan fingerprint density at radius 3 is 2.73 bits per heavy atom. The minimum atomic E-state index is -1.01. The molecule has 1 saturated heterocycles. The largest absolute Gasteiger partial charge is 0.452 e. The van der Waals surface area contributed by atoms with Crippen LogP contribution >= 0.6 is 0 Å². The van der Waals surface area contributed by atoms with Crippen molar-refractivity contribution in [3.8, 4) is 0 Å². The van der Waals surface area contributed by atoms with E-state index in [0.29, 0.717) is 5.69 Å². The van der Waals surface area contributed by atoms with Gasteiger partial charge in [-0.3, -0.25) is 14.4 Å². The van der Waals surface area contributed by atoms with Gasteiger partial charge < -0.3 is 15.0 Å². The summed E-state index contributed by atoms with van der Waals surface area (Å²) in [5, 5.41) is 2.78. The third-order valence-electron chi connectivity index (χ3n) is 5.63. The maximum Gasteiger partial charge on any atom is 0.312 e. The number of hydrogen-bond donors (Lipinski definition) is 1. The van der Waals surface area contributed by atoms with Crippen molar-refractivity contribution in [2.75, 3.05) is 16.8 Å². The molecule has 0 unspecified atom stereocenters. The van der Waals surface area contributed by atoms with Crippen LogP contribution < -0.4 is 10.2 Å². The number of amides is 2. The second-order valence-electron chi connectivity index (χ2n) is 7.76. The highest BCUT2D eigenvalue weighted by Gasteiger charge is 2.38. The third-order valence-corrected chi connectivity index (χ3v) is 5.63. The van der Waals surface area contributed by atoms with Crippen LogP contribution in [-0.2, 0) is 32.0 Å². The molecule has 30 heavy (non-hydrogen) atoms. The monoisotopic (exact) mass is 410 g/mol. The zero-order valence-corrected chi connectivity index (χ0v) is 16.7. The van der Waals surface area contributed by atoms with Crippen molar-refractivity contribution < 1.29 is 23.5 Å². The molecule has 1 N–H and O–H groups in total. The first-order valence-corrected chi connectivity index (χ1v) is 10.1. The van der Waals surface area contributed by atoms with Crippen molar-refractivity contribution in [1.82, 2.24) is 0 Å². The highest BCUT2D eigenvalue weighted by Crippen LogP contribution is 2.28. The Hall–Kier alpha value is -3.22. The lowest BCUT2D eigenvalue weighted by atomic mass is 10.1. The van der Waals surface area contributed by atoms with Crippen molar-refractivity contribution in [2.24, 2.45) is 5.92 Å². The van der Waals surface area contributed by atoms with Crippen LogP contribution in [0.2, 0.25) is 0 Å². The molecule has 2 amide bonds. The molecule has 0 saturated carbocycles. The molecule has 1 fully saturated rings. The van der Waals surface area contributed by atoms with Crippen LogP contribution in [0.1, 0.15) is 30.9 Å². The Morgan fingerprint density at radius 2 is 1.93 bits per heavy atom. The summed E-state index contributed by atoms with van der Waals surface area (Å²) in [4.78, 5) is 38.5. The molecule has 0 bridgehead atoms. The molecule has 1 heterocycles. The second kappa shape index (κ2) is 8.26. The van der Waals surface area contributed by atoms with Gasteiger partial charge in [0.15, 0.2) is 6.10 Å². The summed E-state index contributed by atoms with van der Waals surface area (Å²) < 4.78 is 19.3. The molecule has 0 spiro atoms. The average Bonchev–Trinajstić information content (AvgIpc) is 3.34. The quantitative estimate of drug-likeness (QED) is 0.768. The number of rotatable bonds is 5. The molecule has 1 aliphatic carbocycles. The number of esters is 1. The fourth-order valence-corrected chi connectivity index (χ4v) is 3.99. The Morgan fingerprint density at radius 1 is 1.17 bits per heavy atom. The summed E-state index contributed by atoms with van der Waals surface area (Å²) in [5.41, 5.74) is 3.35. The minimum Gasteiger partial charge on any atom is -0.452 e. The molecule has 2 aliphatic rings. The number of carbonyl (C=O) groups excluding carboxylic acids is 3. The summed E-state index contributed by atoms with van der Waals surface area (Å²) in [6, 6.07) is 11.7. The zero-order chi connectivity index (χ0) is 21.3. The number of aryl methyl sites for hydroxylation is 2. The highest BCUT2D eigenvalue weighted by atomic mass is 19.1. The van der Waals surface area contributed by atoms with Crippen LogP contribution in [0, 0.1) is 11.7 Å². The van der Waals surface area contributed by atoms with Gasteiger partial charge in [-0.2, -0.15) is 0 Å².